The second-order valence-electron chi connectivity index (χ2n) is 8.72. The summed E-state index contributed by atoms with van der Waals surface area (Å²) in [5.74, 6) is 0.237. The first-order valence-corrected chi connectivity index (χ1v) is 11.3. The monoisotopic (exact) mass is 433 g/mol. The molecule has 3 aliphatic rings. The van der Waals surface area contributed by atoms with Crippen LogP contribution < -0.4 is 20.4 Å². The minimum atomic E-state index is -0.648. The van der Waals surface area contributed by atoms with Crippen LogP contribution in [0.2, 0.25) is 0 Å². The van der Waals surface area contributed by atoms with E-state index in [1.54, 1.807) is 6.20 Å². The van der Waals surface area contributed by atoms with Crippen LogP contribution >= 0.6 is 0 Å². The van der Waals surface area contributed by atoms with Crippen LogP contribution in [0.3, 0.4) is 0 Å². The highest BCUT2D eigenvalue weighted by molar-refractivity contribution is 6.39. The first-order valence-electron chi connectivity index (χ1n) is 11.3. The fourth-order valence-corrected chi connectivity index (χ4v) is 4.94. The normalized spacial score (nSPS) is 17.8. The van der Waals surface area contributed by atoms with E-state index in [4.69, 9.17) is 0 Å². The minimum absolute atomic E-state index is 0.165. The third-order valence-corrected chi connectivity index (χ3v) is 6.65. The van der Waals surface area contributed by atoms with Crippen LogP contribution in [0, 0.1) is 5.92 Å². The average molecular weight is 434 g/mol. The van der Waals surface area contributed by atoms with Crippen molar-refractivity contribution in [1.29, 1.82) is 0 Å². The number of aryl methyl sites for hydroxylation is 1. The van der Waals surface area contributed by atoms with Crippen molar-refractivity contribution in [2.24, 2.45) is 5.92 Å². The number of pyridine rings is 1. The molecule has 0 aliphatic carbocycles. The Labute approximate surface area is 187 Å². The summed E-state index contributed by atoms with van der Waals surface area (Å²) < 4.78 is 0. The average Bonchev–Trinajstić information content (AvgIpc) is 3.26. The van der Waals surface area contributed by atoms with Crippen LogP contribution in [0.1, 0.15) is 30.4 Å². The molecule has 0 bridgehead atoms. The van der Waals surface area contributed by atoms with Crippen molar-refractivity contribution in [1.82, 2.24) is 10.3 Å². The van der Waals surface area contributed by atoms with E-state index >= 15 is 0 Å². The molecule has 0 spiro atoms. The van der Waals surface area contributed by atoms with Crippen LogP contribution in [-0.4, -0.2) is 48.9 Å². The molecule has 1 fully saturated rings. The number of carbonyl (C=O) groups excluding carboxylic acids is 3. The van der Waals surface area contributed by atoms with Crippen molar-refractivity contribution in [2.75, 3.05) is 41.3 Å². The van der Waals surface area contributed by atoms with Crippen LogP contribution in [0.25, 0.3) is 0 Å². The molecule has 1 aromatic heterocycles. The van der Waals surface area contributed by atoms with Crippen LogP contribution in [-0.2, 0) is 27.2 Å². The van der Waals surface area contributed by atoms with E-state index in [2.05, 4.69) is 20.5 Å². The number of hydrogen-bond donors (Lipinski definition) is 2. The summed E-state index contributed by atoms with van der Waals surface area (Å²) in [7, 11) is 0. The zero-order chi connectivity index (χ0) is 22.1. The van der Waals surface area contributed by atoms with Gasteiger partial charge in [-0.3, -0.25) is 14.4 Å². The SMILES string of the molecule is O=C(NCC1CCN(c2ccccn2)CC1)C(=O)Nc1cc2c3c(c1)CCN3C(=O)CC2. The molecule has 0 radical (unpaired) electrons. The Morgan fingerprint density at radius 3 is 2.53 bits per heavy atom. The van der Waals surface area contributed by atoms with E-state index < -0.39 is 11.8 Å². The molecule has 1 saturated heterocycles. The lowest BCUT2D eigenvalue weighted by molar-refractivity contribution is -0.136. The third-order valence-electron chi connectivity index (χ3n) is 6.65. The smallest absolute Gasteiger partial charge is 0.313 e. The van der Waals surface area contributed by atoms with Gasteiger partial charge in [0, 0.05) is 44.5 Å². The van der Waals surface area contributed by atoms with Gasteiger partial charge in [-0.1, -0.05) is 6.07 Å². The van der Waals surface area contributed by atoms with Gasteiger partial charge < -0.3 is 20.4 Å². The van der Waals surface area contributed by atoms with Gasteiger partial charge in [-0.05, 0) is 67.0 Å². The highest BCUT2D eigenvalue weighted by atomic mass is 16.2. The maximum Gasteiger partial charge on any atom is 0.313 e. The van der Waals surface area contributed by atoms with Gasteiger partial charge in [0.1, 0.15) is 5.82 Å². The lowest BCUT2D eigenvalue weighted by atomic mass is 9.96. The fourth-order valence-electron chi connectivity index (χ4n) is 4.94. The topological polar surface area (TPSA) is 94.6 Å². The number of nitrogens with one attached hydrogen (secondary N) is 2. The number of piperidine rings is 1. The summed E-state index contributed by atoms with van der Waals surface area (Å²) >= 11 is 0. The number of carbonyl (C=O) groups is 3. The quantitative estimate of drug-likeness (QED) is 0.718. The molecule has 0 atom stereocenters. The number of hydrogen-bond acceptors (Lipinski definition) is 5. The molecule has 1 aromatic carbocycles. The number of aromatic nitrogens is 1. The number of nitrogens with zero attached hydrogens (tertiary/aromatic N) is 3. The molecule has 8 nitrogen and oxygen atoms in total. The molecular weight excluding hydrogens is 406 g/mol. The van der Waals surface area contributed by atoms with Gasteiger partial charge in [-0.2, -0.15) is 0 Å². The Hall–Kier alpha value is -3.42. The summed E-state index contributed by atoms with van der Waals surface area (Å²) in [5, 5.41) is 5.54. The van der Waals surface area contributed by atoms with Gasteiger partial charge in [-0.15, -0.1) is 0 Å². The molecule has 32 heavy (non-hydrogen) atoms. The molecule has 2 aromatic rings. The van der Waals surface area contributed by atoms with Crippen molar-refractivity contribution in [3.8, 4) is 0 Å². The first-order chi connectivity index (χ1) is 15.6. The Morgan fingerprint density at radius 2 is 1.78 bits per heavy atom. The highest BCUT2D eigenvalue weighted by Crippen LogP contribution is 2.38. The number of anilines is 3. The lowest BCUT2D eigenvalue weighted by Gasteiger charge is -2.32. The highest BCUT2D eigenvalue weighted by Gasteiger charge is 2.31. The Morgan fingerprint density at radius 1 is 1.00 bits per heavy atom. The van der Waals surface area contributed by atoms with Crippen molar-refractivity contribution in [3.63, 3.8) is 0 Å². The van der Waals surface area contributed by atoms with Gasteiger partial charge in [0.15, 0.2) is 0 Å². The number of rotatable bonds is 4. The second kappa shape index (κ2) is 8.61. The van der Waals surface area contributed by atoms with Crippen molar-refractivity contribution < 1.29 is 14.4 Å². The van der Waals surface area contributed by atoms with Gasteiger partial charge in [0.2, 0.25) is 5.91 Å². The molecule has 0 unspecified atom stereocenters. The Bertz CT molecular complexity index is 1050. The molecule has 8 heteroatoms. The van der Waals surface area contributed by atoms with E-state index in [0.717, 1.165) is 55.0 Å². The zero-order valence-corrected chi connectivity index (χ0v) is 18.0. The summed E-state index contributed by atoms with van der Waals surface area (Å²) in [4.78, 5) is 45.4. The summed E-state index contributed by atoms with van der Waals surface area (Å²) in [6.45, 7) is 2.97. The summed E-state index contributed by atoms with van der Waals surface area (Å²) in [5.41, 5.74) is 3.75. The maximum absolute atomic E-state index is 12.4. The number of benzene rings is 1. The molecule has 4 heterocycles. The largest absolute Gasteiger partial charge is 0.357 e. The van der Waals surface area contributed by atoms with Gasteiger partial charge in [0.25, 0.3) is 0 Å². The maximum atomic E-state index is 12.4. The van der Waals surface area contributed by atoms with Gasteiger partial charge >= 0.3 is 11.8 Å². The van der Waals surface area contributed by atoms with Crippen molar-refractivity contribution >= 4 is 34.9 Å². The predicted octanol–water partition coefficient (Wildman–Crippen LogP) is 1.89. The molecule has 0 saturated carbocycles. The zero-order valence-electron chi connectivity index (χ0n) is 18.0. The van der Waals surface area contributed by atoms with Crippen LogP contribution in [0.4, 0.5) is 17.2 Å². The minimum Gasteiger partial charge on any atom is -0.357 e. The van der Waals surface area contributed by atoms with Gasteiger partial charge in [-0.25, -0.2) is 4.98 Å². The van der Waals surface area contributed by atoms with Crippen LogP contribution in [0.15, 0.2) is 36.5 Å². The van der Waals surface area contributed by atoms with Crippen molar-refractivity contribution in [3.05, 3.63) is 47.7 Å². The van der Waals surface area contributed by atoms with E-state index in [1.165, 1.54) is 0 Å². The standard InChI is InChI=1S/C24H27N5O3/c30-21-5-4-17-13-19(14-18-8-12-29(21)22(17)18)27-24(32)23(31)26-15-16-6-10-28(11-7-16)20-3-1-2-9-25-20/h1-3,9,13-14,16H,4-8,10-12,15H2,(H,26,31)(H,27,32). The van der Waals surface area contributed by atoms with E-state index in [1.807, 2.05) is 35.2 Å². The van der Waals surface area contributed by atoms with E-state index in [0.29, 0.717) is 37.5 Å². The fraction of sp³-hybridized carbons (Fsp3) is 0.417. The Kier molecular flexibility index (Phi) is 5.51. The van der Waals surface area contributed by atoms with E-state index in [9.17, 15) is 14.4 Å². The summed E-state index contributed by atoms with van der Waals surface area (Å²) in [6, 6.07) is 9.68. The summed E-state index contributed by atoms with van der Waals surface area (Å²) in [6.07, 6.45) is 5.63. The second-order valence-corrected chi connectivity index (χ2v) is 8.72. The molecular formula is C24H27N5O3. The molecule has 3 aliphatic heterocycles. The molecule has 2 N–H and O–H groups in total. The molecule has 166 valence electrons. The Balaban J connectivity index is 1.12. The predicted molar refractivity (Wildman–Crippen MR) is 122 cm³/mol. The molecule has 5 rings (SSSR count). The third kappa shape index (κ3) is 4.04. The van der Waals surface area contributed by atoms with Crippen LogP contribution in [0.5, 0.6) is 0 Å². The number of amides is 3. The van der Waals surface area contributed by atoms with Crippen molar-refractivity contribution in [2.45, 2.75) is 32.1 Å². The lowest BCUT2D eigenvalue weighted by Crippen LogP contribution is -2.42. The first kappa shape index (κ1) is 20.5. The van der Waals surface area contributed by atoms with Gasteiger partial charge in [0.05, 0.1) is 5.69 Å². The molecule has 3 amide bonds. The van der Waals surface area contributed by atoms with E-state index in [-0.39, 0.29) is 5.91 Å².